The van der Waals surface area contributed by atoms with Crippen LogP contribution in [-0.2, 0) is 0 Å². The molecule has 0 aliphatic carbocycles. The number of rotatable bonds is 5. The Hall–Kier alpha value is -2.30. The summed E-state index contributed by atoms with van der Waals surface area (Å²) in [7, 11) is 1.61. The topological polar surface area (TPSA) is 53.4 Å². The van der Waals surface area contributed by atoms with Gasteiger partial charge < -0.3 is 9.47 Å². The van der Waals surface area contributed by atoms with E-state index in [9.17, 15) is 4.79 Å². The molecular formula is C13H14N2O3. The Morgan fingerprint density at radius 1 is 1.28 bits per heavy atom. The van der Waals surface area contributed by atoms with Crippen molar-refractivity contribution in [3.05, 3.63) is 43.0 Å². The lowest BCUT2D eigenvalue weighted by Gasteiger charge is -2.06. The Bertz CT molecular complexity index is 491. The minimum absolute atomic E-state index is 0.0407. The van der Waals surface area contributed by atoms with Crippen molar-refractivity contribution in [3.8, 4) is 11.5 Å². The van der Waals surface area contributed by atoms with Gasteiger partial charge in [-0.15, -0.1) is 0 Å². The maximum Gasteiger partial charge on any atom is 0.235 e. The number of aromatic nitrogens is 2. The van der Waals surface area contributed by atoms with Crippen LogP contribution in [0.25, 0.3) is 0 Å². The van der Waals surface area contributed by atoms with Crippen LogP contribution in [0.15, 0.2) is 43.0 Å². The van der Waals surface area contributed by atoms with Crippen LogP contribution in [0.4, 0.5) is 0 Å². The van der Waals surface area contributed by atoms with E-state index in [-0.39, 0.29) is 5.91 Å². The number of benzene rings is 1. The largest absolute Gasteiger partial charge is 0.497 e. The molecule has 0 radical (unpaired) electrons. The molecule has 0 spiro atoms. The molecule has 1 aromatic heterocycles. The number of carbonyl (C=O) groups is 1. The first-order valence-electron chi connectivity index (χ1n) is 5.57. The summed E-state index contributed by atoms with van der Waals surface area (Å²) < 4.78 is 11.9. The Balaban J connectivity index is 1.79. The normalized spacial score (nSPS) is 10.1. The molecule has 0 atom stereocenters. The van der Waals surface area contributed by atoms with Gasteiger partial charge in [0.1, 0.15) is 17.8 Å². The first-order chi connectivity index (χ1) is 8.79. The fourth-order valence-electron chi connectivity index (χ4n) is 1.46. The van der Waals surface area contributed by atoms with Gasteiger partial charge in [-0.25, -0.2) is 4.98 Å². The van der Waals surface area contributed by atoms with Crippen LogP contribution in [0.1, 0.15) is 11.2 Å². The molecule has 0 unspecified atom stereocenters. The summed E-state index contributed by atoms with van der Waals surface area (Å²) in [6.45, 7) is 0.337. The highest BCUT2D eigenvalue weighted by atomic mass is 16.5. The van der Waals surface area contributed by atoms with Crippen molar-refractivity contribution in [3.63, 3.8) is 0 Å². The van der Waals surface area contributed by atoms with Gasteiger partial charge in [0.25, 0.3) is 0 Å². The number of hydrogen-bond acceptors (Lipinski definition) is 4. The molecule has 0 saturated carbocycles. The lowest BCUT2D eigenvalue weighted by Crippen LogP contribution is -2.12. The molecule has 0 fully saturated rings. The predicted octanol–water partition coefficient (Wildman–Crippen LogP) is 2.00. The third kappa shape index (κ3) is 3.10. The van der Waals surface area contributed by atoms with Crippen LogP contribution in [-0.4, -0.2) is 29.2 Å². The van der Waals surface area contributed by atoms with Gasteiger partial charge in [-0.1, -0.05) is 0 Å². The first kappa shape index (κ1) is 12.2. The second kappa shape index (κ2) is 5.86. The van der Waals surface area contributed by atoms with Crippen molar-refractivity contribution in [2.45, 2.75) is 6.42 Å². The first-order valence-corrected chi connectivity index (χ1v) is 5.57. The number of hydrogen-bond donors (Lipinski definition) is 0. The zero-order valence-corrected chi connectivity index (χ0v) is 10.1. The molecule has 2 rings (SSSR count). The molecule has 5 nitrogen and oxygen atoms in total. The number of carbonyl (C=O) groups excluding carboxylic acids is 1. The predicted molar refractivity (Wildman–Crippen MR) is 66.0 cm³/mol. The van der Waals surface area contributed by atoms with Crippen molar-refractivity contribution in [1.82, 2.24) is 9.55 Å². The fraction of sp³-hybridized carbons (Fsp3) is 0.231. The van der Waals surface area contributed by atoms with Gasteiger partial charge in [0.05, 0.1) is 20.1 Å². The minimum atomic E-state index is -0.0407. The second-order valence-corrected chi connectivity index (χ2v) is 3.64. The molecule has 0 N–H and O–H groups in total. The molecule has 0 bridgehead atoms. The van der Waals surface area contributed by atoms with Crippen LogP contribution in [0.3, 0.4) is 0 Å². The Kier molecular flexibility index (Phi) is 3.96. The highest BCUT2D eigenvalue weighted by molar-refractivity contribution is 5.78. The fourth-order valence-corrected chi connectivity index (χ4v) is 1.46. The van der Waals surface area contributed by atoms with E-state index in [0.29, 0.717) is 18.8 Å². The highest BCUT2D eigenvalue weighted by Crippen LogP contribution is 2.17. The third-order valence-electron chi connectivity index (χ3n) is 2.44. The molecule has 0 amide bonds. The Labute approximate surface area is 105 Å². The molecule has 5 heteroatoms. The average molecular weight is 246 g/mol. The van der Waals surface area contributed by atoms with Gasteiger partial charge >= 0.3 is 0 Å². The highest BCUT2D eigenvalue weighted by Gasteiger charge is 2.04. The minimum Gasteiger partial charge on any atom is -0.497 e. The Morgan fingerprint density at radius 3 is 2.61 bits per heavy atom. The molecule has 0 aliphatic heterocycles. The number of imidazole rings is 1. The lowest BCUT2D eigenvalue weighted by atomic mass is 10.3. The van der Waals surface area contributed by atoms with Crippen LogP contribution < -0.4 is 9.47 Å². The standard InChI is InChI=1S/C13H14N2O3/c1-17-11-2-4-12(5-3-11)18-9-6-13(16)15-8-7-14-10-15/h2-5,7-8,10H,6,9H2,1H3. The summed E-state index contributed by atoms with van der Waals surface area (Å²) in [6.07, 6.45) is 4.98. The molecule has 2 aromatic rings. The zero-order chi connectivity index (χ0) is 12.8. The molecule has 94 valence electrons. The number of nitrogens with zero attached hydrogens (tertiary/aromatic N) is 2. The van der Waals surface area contributed by atoms with E-state index in [1.54, 1.807) is 31.6 Å². The van der Waals surface area contributed by atoms with Gasteiger partial charge in [0, 0.05) is 12.4 Å². The maximum atomic E-state index is 11.6. The van der Waals surface area contributed by atoms with Gasteiger partial charge in [-0.3, -0.25) is 9.36 Å². The van der Waals surface area contributed by atoms with E-state index in [2.05, 4.69) is 4.98 Å². The van der Waals surface area contributed by atoms with Crippen molar-refractivity contribution >= 4 is 5.91 Å². The van der Waals surface area contributed by atoms with E-state index in [0.717, 1.165) is 5.75 Å². The number of methoxy groups -OCH3 is 1. The SMILES string of the molecule is COc1ccc(OCCC(=O)n2ccnc2)cc1. The zero-order valence-electron chi connectivity index (χ0n) is 10.1. The summed E-state index contributed by atoms with van der Waals surface area (Å²) in [5.41, 5.74) is 0. The molecule has 1 heterocycles. The summed E-state index contributed by atoms with van der Waals surface area (Å²) in [5.74, 6) is 1.45. The van der Waals surface area contributed by atoms with Crippen LogP contribution >= 0.6 is 0 Å². The van der Waals surface area contributed by atoms with E-state index >= 15 is 0 Å². The molecular weight excluding hydrogens is 232 g/mol. The second-order valence-electron chi connectivity index (χ2n) is 3.64. The van der Waals surface area contributed by atoms with Crippen molar-refractivity contribution < 1.29 is 14.3 Å². The van der Waals surface area contributed by atoms with Gasteiger partial charge in [0.2, 0.25) is 5.91 Å². The van der Waals surface area contributed by atoms with E-state index in [4.69, 9.17) is 9.47 Å². The molecule has 0 aliphatic rings. The summed E-state index contributed by atoms with van der Waals surface area (Å²) in [4.78, 5) is 15.4. The van der Waals surface area contributed by atoms with Crippen LogP contribution in [0, 0.1) is 0 Å². The molecule has 0 saturated heterocycles. The van der Waals surface area contributed by atoms with Gasteiger partial charge in [-0.05, 0) is 24.3 Å². The smallest absolute Gasteiger partial charge is 0.235 e. The van der Waals surface area contributed by atoms with E-state index < -0.39 is 0 Å². The quantitative estimate of drug-likeness (QED) is 0.809. The summed E-state index contributed by atoms with van der Waals surface area (Å²) >= 11 is 0. The van der Waals surface area contributed by atoms with E-state index in [1.165, 1.54) is 10.9 Å². The monoisotopic (exact) mass is 246 g/mol. The van der Waals surface area contributed by atoms with Gasteiger partial charge in [0.15, 0.2) is 0 Å². The Morgan fingerprint density at radius 2 is 2.00 bits per heavy atom. The van der Waals surface area contributed by atoms with Crippen LogP contribution in [0.5, 0.6) is 11.5 Å². The third-order valence-corrected chi connectivity index (χ3v) is 2.44. The average Bonchev–Trinajstić information content (AvgIpc) is 2.93. The van der Waals surface area contributed by atoms with Crippen molar-refractivity contribution in [1.29, 1.82) is 0 Å². The molecule has 18 heavy (non-hydrogen) atoms. The summed E-state index contributed by atoms with van der Waals surface area (Å²) in [6, 6.07) is 7.24. The molecule has 1 aromatic carbocycles. The summed E-state index contributed by atoms with van der Waals surface area (Å²) in [5, 5.41) is 0. The van der Waals surface area contributed by atoms with Crippen LogP contribution in [0.2, 0.25) is 0 Å². The lowest BCUT2D eigenvalue weighted by molar-refractivity contribution is 0.0881. The van der Waals surface area contributed by atoms with E-state index in [1.807, 2.05) is 12.1 Å². The number of ether oxygens (including phenoxy) is 2. The van der Waals surface area contributed by atoms with Crippen molar-refractivity contribution in [2.75, 3.05) is 13.7 Å². The van der Waals surface area contributed by atoms with Gasteiger partial charge in [-0.2, -0.15) is 0 Å². The van der Waals surface area contributed by atoms with Crippen molar-refractivity contribution in [2.24, 2.45) is 0 Å². The maximum absolute atomic E-state index is 11.6.